The maximum atomic E-state index is 6.03. The van der Waals surface area contributed by atoms with Crippen LogP contribution in [0.2, 0.25) is 0 Å². The molecule has 1 N–H and O–H groups in total. The molecule has 22 heavy (non-hydrogen) atoms. The summed E-state index contributed by atoms with van der Waals surface area (Å²) in [4.78, 5) is 8.08. The monoisotopic (exact) mass is 470 g/mol. The zero-order valence-electron chi connectivity index (χ0n) is 12.2. The molecule has 0 saturated heterocycles. The van der Waals surface area contributed by atoms with Gasteiger partial charge in [-0.2, -0.15) is 0 Å². The van der Waals surface area contributed by atoms with E-state index < -0.39 is 0 Å². The third kappa shape index (κ3) is 3.30. The highest BCUT2D eigenvalue weighted by molar-refractivity contribution is 14.1. The Balaban J connectivity index is 2.07. The fourth-order valence-corrected chi connectivity index (χ4v) is 3.95. The second-order valence-corrected chi connectivity index (χ2v) is 7.15. The van der Waals surface area contributed by atoms with Crippen LogP contribution in [0.1, 0.15) is 19.8 Å². The van der Waals surface area contributed by atoms with Gasteiger partial charge < -0.3 is 9.72 Å². The molecule has 5 heteroatoms. The van der Waals surface area contributed by atoms with Gasteiger partial charge in [-0.25, -0.2) is 4.98 Å². The van der Waals surface area contributed by atoms with E-state index in [0.717, 1.165) is 55.7 Å². The minimum atomic E-state index is 0.724. The molecule has 0 aliphatic heterocycles. The zero-order valence-corrected chi connectivity index (χ0v) is 15.9. The maximum Gasteiger partial charge on any atom is 0.143 e. The van der Waals surface area contributed by atoms with Crippen molar-refractivity contribution >= 4 is 49.6 Å². The minimum Gasteiger partial charge on any atom is -0.492 e. The van der Waals surface area contributed by atoms with Crippen molar-refractivity contribution in [3.05, 3.63) is 44.4 Å². The van der Waals surface area contributed by atoms with Crippen molar-refractivity contribution in [2.24, 2.45) is 0 Å². The van der Waals surface area contributed by atoms with Gasteiger partial charge >= 0.3 is 0 Å². The molecule has 3 aromatic rings. The van der Waals surface area contributed by atoms with Crippen LogP contribution in [0.3, 0.4) is 0 Å². The van der Waals surface area contributed by atoms with E-state index in [1.54, 1.807) is 0 Å². The Morgan fingerprint density at radius 1 is 1.27 bits per heavy atom. The van der Waals surface area contributed by atoms with Gasteiger partial charge in [0.25, 0.3) is 0 Å². The fourth-order valence-electron chi connectivity index (χ4n) is 2.28. The summed E-state index contributed by atoms with van der Waals surface area (Å²) >= 11 is 5.88. The van der Waals surface area contributed by atoms with Gasteiger partial charge in [0.05, 0.1) is 26.8 Å². The first kappa shape index (κ1) is 15.8. The number of ether oxygens (including phenoxy) is 1. The summed E-state index contributed by atoms with van der Waals surface area (Å²) in [5.74, 6) is 1.74. The Hall–Kier alpha value is -1.08. The Kier molecular flexibility index (Phi) is 5.03. The van der Waals surface area contributed by atoms with Crippen LogP contribution in [-0.4, -0.2) is 16.6 Å². The molecular weight excluding hydrogens is 455 g/mol. The number of halogens is 2. The number of aromatic amines is 1. The van der Waals surface area contributed by atoms with Crippen molar-refractivity contribution in [1.82, 2.24) is 9.97 Å². The van der Waals surface area contributed by atoms with Crippen LogP contribution in [0.25, 0.3) is 22.4 Å². The first-order valence-corrected chi connectivity index (χ1v) is 9.13. The summed E-state index contributed by atoms with van der Waals surface area (Å²) in [6.07, 6.45) is 2.17. The molecule has 0 unspecified atom stereocenters. The Morgan fingerprint density at radius 2 is 2.09 bits per heavy atom. The molecule has 114 valence electrons. The van der Waals surface area contributed by atoms with E-state index in [-0.39, 0.29) is 0 Å². The highest BCUT2D eigenvalue weighted by Crippen LogP contribution is 2.36. The maximum absolute atomic E-state index is 6.03. The van der Waals surface area contributed by atoms with Gasteiger partial charge in [0.1, 0.15) is 11.6 Å². The lowest BCUT2D eigenvalue weighted by molar-refractivity contribution is 0.308. The van der Waals surface area contributed by atoms with E-state index in [4.69, 9.17) is 9.72 Å². The quantitative estimate of drug-likeness (QED) is 0.379. The molecule has 0 fully saturated rings. The smallest absolute Gasteiger partial charge is 0.143 e. The number of H-pyrrole nitrogens is 1. The molecule has 0 atom stereocenters. The van der Waals surface area contributed by atoms with Gasteiger partial charge in [0.15, 0.2) is 0 Å². The Bertz CT molecular complexity index is 767. The van der Waals surface area contributed by atoms with Crippen LogP contribution >= 0.6 is 38.5 Å². The lowest BCUT2D eigenvalue weighted by Gasteiger charge is -2.12. The summed E-state index contributed by atoms with van der Waals surface area (Å²) < 4.78 is 8.13. The largest absolute Gasteiger partial charge is 0.492 e. The number of nitrogens with one attached hydrogen (secondary N) is 1. The highest BCUT2D eigenvalue weighted by atomic mass is 127. The normalized spacial score (nSPS) is 11.0. The van der Waals surface area contributed by atoms with Crippen molar-refractivity contribution in [1.29, 1.82) is 0 Å². The van der Waals surface area contributed by atoms with Gasteiger partial charge in [0, 0.05) is 4.47 Å². The minimum absolute atomic E-state index is 0.724. The molecule has 3 nitrogen and oxygen atoms in total. The van der Waals surface area contributed by atoms with E-state index in [1.807, 2.05) is 24.3 Å². The van der Waals surface area contributed by atoms with E-state index >= 15 is 0 Å². The van der Waals surface area contributed by atoms with Crippen molar-refractivity contribution in [2.45, 2.75) is 19.8 Å². The summed E-state index contributed by atoms with van der Waals surface area (Å²) in [5, 5.41) is 0. The summed E-state index contributed by atoms with van der Waals surface area (Å²) in [6.45, 7) is 2.89. The number of aromatic nitrogens is 2. The third-order valence-electron chi connectivity index (χ3n) is 3.40. The topological polar surface area (TPSA) is 37.9 Å². The molecule has 0 amide bonds. The van der Waals surface area contributed by atoms with Gasteiger partial charge in [-0.3, -0.25) is 0 Å². The molecular formula is C17H16BrIN2O. The number of nitrogens with zero attached hydrogens (tertiary/aromatic N) is 1. The van der Waals surface area contributed by atoms with Crippen LogP contribution in [0, 0.1) is 3.57 Å². The second kappa shape index (κ2) is 7.00. The van der Waals surface area contributed by atoms with Crippen LogP contribution in [-0.2, 0) is 0 Å². The molecule has 0 aliphatic carbocycles. The van der Waals surface area contributed by atoms with E-state index in [1.165, 1.54) is 0 Å². The van der Waals surface area contributed by atoms with Crippen LogP contribution in [0.5, 0.6) is 5.75 Å². The predicted octanol–water partition coefficient (Wildman–Crippen LogP) is 5.78. The average Bonchev–Trinajstić information content (AvgIpc) is 2.93. The van der Waals surface area contributed by atoms with Crippen molar-refractivity contribution in [3.8, 4) is 17.1 Å². The number of benzene rings is 2. The first-order valence-electron chi connectivity index (χ1n) is 7.26. The summed E-state index contributed by atoms with van der Waals surface area (Å²) in [7, 11) is 0. The molecule has 1 aromatic heterocycles. The fraction of sp³-hybridized carbons (Fsp3) is 0.235. The number of imidazole rings is 1. The summed E-state index contributed by atoms with van der Waals surface area (Å²) in [6, 6.07) is 12.2. The zero-order chi connectivity index (χ0) is 15.5. The molecule has 2 aromatic carbocycles. The van der Waals surface area contributed by atoms with E-state index in [0.29, 0.717) is 0 Å². The number of rotatable bonds is 5. The first-order chi connectivity index (χ1) is 10.7. The van der Waals surface area contributed by atoms with Gasteiger partial charge in [0.2, 0.25) is 0 Å². The molecule has 0 bridgehead atoms. The van der Waals surface area contributed by atoms with Crippen LogP contribution < -0.4 is 4.74 Å². The lowest BCUT2D eigenvalue weighted by Crippen LogP contribution is -2.01. The predicted molar refractivity (Wildman–Crippen MR) is 102 cm³/mol. The SMILES string of the molecule is CCCCOc1c(I)cc(Br)cc1-c1nc2ccccc2[nH]1. The van der Waals surface area contributed by atoms with Crippen molar-refractivity contribution < 1.29 is 4.74 Å². The number of unbranched alkanes of at least 4 members (excludes halogenated alkanes) is 1. The third-order valence-corrected chi connectivity index (χ3v) is 4.66. The molecule has 0 radical (unpaired) electrons. The molecule has 0 aliphatic rings. The number of fused-ring (bicyclic) bond motifs is 1. The van der Waals surface area contributed by atoms with Gasteiger partial charge in [-0.05, 0) is 53.3 Å². The van der Waals surface area contributed by atoms with Crippen molar-refractivity contribution in [3.63, 3.8) is 0 Å². The number of hydrogen-bond acceptors (Lipinski definition) is 2. The Labute approximate surface area is 151 Å². The lowest BCUT2D eigenvalue weighted by atomic mass is 10.2. The standard InChI is InChI=1S/C17H16BrIN2O/c1-2-3-8-22-16-12(9-11(18)10-13(16)19)17-20-14-6-4-5-7-15(14)21-17/h4-7,9-10H,2-3,8H2,1H3,(H,20,21). The van der Waals surface area contributed by atoms with Crippen LogP contribution in [0.15, 0.2) is 40.9 Å². The van der Waals surface area contributed by atoms with E-state index in [9.17, 15) is 0 Å². The summed E-state index contributed by atoms with van der Waals surface area (Å²) in [5.41, 5.74) is 2.99. The van der Waals surface area contributed by atoms with Gasteiger partial charge in [-0.15, -0.1) is 0 Å². The molecule has 1 heterocycles. The second-order valence-electron chi connectivity index (χ2n) is 5.07. The van der Waals surface area contributed by atoms with E-state index in [2.05, 4.69) is 62.6 Å². The van der Waals surface area contributed by atoms with Crippen molar-refractivity contribution in [2.75, 3.05) is 6.61 Å². The van der Waals surface area contributed by atoms with Gasteiger partial charge in [-0.1, -0.05) is 41.4 Å². The highest BCUT2D eigenvalue weighted by Gasteiger charge is 2.15. The van der Waals surface area contributed by atoms with Crippen LogP contribution in [0.4, 0.5) is 0 Å². The molecule has 0 saturated carbocycles. The number of hydrogen-bond donors (Lipinski definition) is 1. The molecule has 0 spiro atoms. The average molecular weight is 471 g/mol. The molecule has 3 rings (SSSR count). The Morgan fingerprint density at radius 3 is 2.86 bits per heavy atom. The number of para-hydroxylation sites is 2.